The average Bonchev–Trinajstić information content (AvgIpc) is 3.43. The Morgan fingerprint density at radius 2 is 1.85 bits per heavy atom. The van der Waals surface area contributed by atoms with Crippen LogP contribution in [-0.4, -0.2) is 17.4 Å². The van der Waals surface area contributed by atoms with Gasteiger partial charge in [0.15, 0.2) is 0 Å². The Bertz CT molecular complexity index is 865. The first-order valence-corrected chi connectivity index (χ1v) is 11.1. The molecule has 2 heterocycles. The summed E-state index contributed by atoms with van der Waals surface area (Å²) in [5, 5.41) is 11.4. The highest BCUT2D eigenvalue weighted by molar-refractivity contribution is 7.20. The van der Waals surface area contributed by atoms with Gasteiger partial charge in [-0.05, 0) is 54.5 Å². The Labute approximate surface area is 167 Å². The van der Waals surface area contributed by atoms with Crippen molar-refractivity contribution in [2.75, 3.05) is 17.2 Å². The van der Waals surface area contributed by atoms with Crippen LogP contribution < -0.4 is 10.6 Å². The van der Waals surface area contributed by atoms with Crippen LogP contribution in [0.15, 0.2) is 47.2 Å². The molecule has 27 heavy (non-hydrogen) atoms. The van der Waals surface area contributed by atoms with Crippen LogP contribution in [-0.2, 0) is 11.2 Å². The third-order valence-electron chi connectivity index (χ3n) is 4.86. The molecule has 140 valence electrons. The summed E-state index contributed by atoms with van der Waals surface area (Å²) in [6, 6.07) is 12.0. The van der Waals surface area contributed by atoms with Crippen molar-refractivity contribution >= 4 is 40.0 Å². The Morgan fingerprint density at radius 3 is 2.59 bits per heavy atom. The smallest absolute Gasteiger partial charge is 0.230 e. The summed E-state index contributed by atoms with van der Waals surface area (Å²) in [7, 11) is 0. The molecule has 2 N–H and O–H groups in total. The quantitative estimate of drug-likeness (QED) is 0.541. The maximum atomic E-state index is 12.3. The molecule has 0 atom stereocenters. The maximum Gasteiger partial charge on any atom is 0.230 e. The summed E-state index contributed by atoms with van der Waals surface area (Å²) >= 11 is 3.25. The summed E-state index contributed by atoms with van der Waals surface area (Å²) in [5.74, 6) is 0.770. The van der Waals surface area contributed by atoms with Crippen molar-refractivity contribution in [2.45, 2.75) is 32.1 Å². The first-order chi connectivity index (χ1) is 13.3. The fraction of sp³-hybridized carbons (Fsp3) is 0.333. The number of rotatable bonds is 7. The van der Waals surface area contributed by atoms with Crippen molar-refractivity contribution in [1.29, 1.82) is 0 Å². The predicted octanol–water partition coefficient (Wildman–Crippen LogP) is 5.65. The molecule has 4 nitrogen and oxygen atoms in total. The fourth-order valence-corrected chi connectivity index (χ4v) is 5.05. The standard InChI is InChI=1S/C21H23N3OS2/c25-20(12-18-14-27-21(24-18)19-6-3-11-26-19)23-17-9-7-16(8-10-17)22-13-15-4-1-2-5-15/h3,6-11,14-15,22H,1-2,4-5,12-13H2,(H,23,25). The molecule has 0 spiro atoms. The third-order valence-corrected chi connectivity index (χ3v) is 6.79. The van der Waals surface area contributed by atoms with Crippen molar-refractivity contribution < 1.29 is 4.79 Å². The normalized spacial score (nSPS) is 14.4. The molecule has 1 fully saturated rings. The van der Waals surface area contributed by atoms with E-state index < -0.39 is 0 Å². The zero-order chi connectivity index (χ0) is 18.5. The first kappa shape index (κ1) is 18.2. The lowest BCUT2D eigenvalue weighted by molar-refractivity contribution is -0.115. The fourth-order valence-electron chi connectivity index (χ4n) is 3.42. The highest BCUT2D eigenvalue weighted by Crippen LogP contribution is 2.28. The van der Waals surface area contributed by atoms with Crippen molar-refractivity contribution in [3.05, 3.63) is 52.9 Å². The molecule has 1 aromatic carbocycles. The predicted molar refractivity (Wildman–Crippen MR) is 115 cm³/mol. The number of carbonyl (C=O) groups is 1. The van der Waals surface area contributed by atoms with Gasteiger partial charge in [0.2, 0.25) is 5.91 Å². The van der Waals surface area contributed by atoms with Gasteiger partial charge < -0.3 is 10.6 Å². The molecule has 0 saturated heterocycles. The summed E-state index contributed by atoms with van der Waals surface area (Å²) in [6.07, 6.45) is 5.71. The Morgan fingerprint density at radius 1 is 1.07 bits per heavy atom. The van der Waals surface area contributed by atoms with Gasteiger partial charge in [-0.3, -0.25) is 4.79 Å². The van der Waals surface area contributed by atoms with E-state index in [-0.39, 0.29) is 5.91 Å². The van der Waals surface area contributed by atoms with E-state index in [1.54, 1.807) is 22.7 Å². The van der Waals surface area contributed by atoms with Gasteiger partial charge in [-0.1, -0.05) is 18.9 Å². The zero-order valence-corrected chi connectivity index (χ0v) is 16.7. The van der Waals surface area contributed by atoms with Gasteiger partial charge in [-0.25, -0.2) is 4.98 Å². The Kier molecular flexibility index (Phi) is 5.84. The molecule has 1 aliphatic carbocycles. The number of benzene rings is 1. The van der Waals surface area contributed by atoms with Crippen LogP contribution in [0.3, 0.4) is 0 Å². The van der Waals surface area contributed by atoms with Gasteiger partial charge in [0, 0.05) is 23.3 Å². The maximum absolute atomic E-state index is 12.3. The van der Waals surface area contributed by atoms with Gasteiger partial charge in [-0.2, -0.15) is 0 Å². The van der Waals surface area contributed by atoms with Crippen molar-refractivity contribution in [2.24, 2.45) is 5.92 Å². The molecular formula is C21H23N3OS2. The van der Waals surface area contributed by atoms with E-state index in [2.05, 4.69) is 21.7 Å². The van der Waals surface area contributed by atoms with Crippen molar-refractivity contribution in [3.63, 3.8) is 0 Å². The summed E-state index contributed by atoms with van der Waals surface area (Å²) in [4.78, 5) is 18.0. The highest BCUT2D eigenvalue weighted by Gasteiger charge is 2.14. The largest absolute Gasteiger partial charge is 0.385 e. The van der Waals surface area contributed by atoms with E-state index in [1.807, 2.05) is 41.1 Å². The molecule has 0 radical (unpaired) electrons. The third kappa shape index (κ3) is 4.96. The topological polar surface area (TPSA) is 54.0 Å². The van der Waals surface area contributed by atoms with Gasteiger partial charge in [-0.15, -0.1) is 22.7 Å². The van der Waals surface area contributed by atoms with Crippen molar-refractivity contribution in [3.8, 4) is 9.88 Å². The molecule has 0 unspecified atom stereocenters. The second-order valence-electron chi connectivity index (χ2n) is 6.95. The number of aromatic nitrogens is 1. The minimum absolute atomic E-state index is 0.0373. The van der Waals surface area contributed by atoms with Gasteiger partial charge in [0.05, 0.1) is 17.0 Å². The molecule has 6 heteroatoms. The molecule has 1 saturated carbocycles. The van der Waals surface area contributed by atoms with E-state index in [1.165, 1.54) is 25.7 Å². The van der Waals surface area contributed by atoms with Crippen LogP contribution in [0.1, 0.15) is 31.4 Å². The van der Waals surface area contributed by atoms with Crippen LogP contribution >= 0.6 is 22.7 Å². The summed E-state index contributed by atoms with van der Waals surface area (Å²) < 4.78 is 0. The highest BCUT2D eigenvalue weighted by atomic mass is 32.1. The molecule has 1 aliphatic rings. The average molecular weight is 398 g/mol. The van der Waals surface area contributed by atoms with E-state index in [4.69, 9.17) is 0 Å². The molecule has 1 amide bonds. The molecule has 0 aliphatic heterocycles. The lowest BCUT2D eigenvalue weighted by Gasteiger charge is -2.12. The lowest BCUT2D eigenvalue weighted by Crippen LogP contribution is -2.14. The Hall–Kier alpha value is -2.18. The van der Waals surface area contributed by atoms with Crippen LogP contribution in [0.5, 0.6) is 0 Å². The zero-order valence-electron chi connectivity index (χ0n) is 15.1. The number of nitrogens with one attached hydrogen (secondary N) is 2. The van der Waals surface area contributed by atoms with Crippen LogP contribution in [0, 0.1) is 5.92 Å². The number of anilines is 2. The van der Waals surface area contributed by atoms with Crippen LogP contribution in [0.4, 0.5) is 11.4 Å². The monoisotopic (exact) mass is 397 g/mol. The molecule has 2 aromatic heterocycles. The van der Waals surface area contributed by atoms with E-state index in [9.17, 15) is 4.79 Å². The molecular weight excluding hydrogens is 374 g/mol. The second kappa shape index (κ2) is 8.67. The summed E-state index contributed by atoms with van der Waals surface area (Å²) in [6.45, 7) is 1.04. The van der Waals surface area contributed by atoms with Crippen molar-refractivity contribution in [1.82, 2.24) is 4.98 Å². The molecule has 3 aromatic rings. The SMILES string of the molecule is O=C(Cc1csc(-c2cccs2)n1)Nc1ccc(NCC2CCCC2)cc1. The van der Waals surface area contributed by atoms with Crippen LogP contribution in [0.25, 0.3) is 9.88 Å². The number of amides is 1. The number of hydrogen-bond donors (Lipinski definition) is 2. The van der Waals surface area contributed by atoms with E-state index >= 15 is 0 Å². The number of hydrogen-bond acceptors (Lipinski definition) is 5. The van der Waals surface area contributed by atoms with Gasteiger partial charge in [0.1, 0.15) is 5.01 Å². The summed E-state index contributed by atoms with van der Waals surface area (Å²) in [5.41, 5.74) is 2.75. The molecule has 0 bridgehead atoms. The van der Waals surface area contributed by atoms with Gasteiger partial charge in [0.25, 0.3) is 0 Å². The molecule has 4 rings (SSSR count). The minimum Gasteiger partial charge on any atom is -0.385 e. The van der Waals surface area contributed by atoms with Gasteiger partial charge >= 0.3 is 0 Å². The van der Waals surface area contributed by atoms with E-state index in [0.717, 1.165) is 39.4 Å². The Balaban J connectivity index is 1.27. The number of thiazole rings is 1. The number of nitrogens with zero attached hydrogens (tertiary/aromatic N) is 1. The van der Waals surface area contributed by atoms with E-state index in [0.29, 0.717) is 6.42 Å². The second-order valence-corrected chi connectivity index (χ2v) is 8.76. The number of carbonyl (C=O) groups excluding carboxylic acids is 1. The minimum atomic E-state index is -0.0373. The van der Waals surface area contributed by atoms with Crippen LogP contribution in [0.2, 0.25) is 0 Å². The first-order valence-electron chi connectivity index (χ1n) is 9.38. The number of thiophene rings is 1. The lowest BCUT2D eigenvalue weighted by atomic mass is 10.1.